The summed E-state index contributed by atoms with van der Waals surface area (Å²) in [7, 11) is 0. The Kier molecular flexibility index (Phi) is 3.70. The number of aliphatic hydroxyl groups is 1. The Hall–Kier alpha value is -2.21. The zero-order valence-corrected chi connectivity index (χ0v) is 12.7. The van der Waals surface area contributed by atoms with Crippen LogP contribution in [-0.2, 0) is 5.60 Å². The van der Waals surface area contributed by atoms with Gasteiger partial charge < -0.3 is 14.5 Å². The van der Waals surface area contributed by atoms with Gasteiger partial charge in [-0.15, -0.1) is 0 Å². The second kappa shape index (κ2) is 5.53. The lowest BCUT2D eigenvalue weighted by molar-refractivity contribution is -0.0244. The standard InChI is InChI=1S/C16H19N3O3/c1-11-14(12(2)22-18-11)15(20)19-9-6-16(21,7-10-19)13-5-3-4-8-17-13/h3-5,8,21H,6-7,9-10H2,1-2H3. The third kappa shape index (κ3) is 2.50. The fourth-order valence-corrected chi connectivity index (χ4v) is 2.92. The highest BCUT2D eigenvalue weighted by Gasteiger charge is 2.37. The molecule has 1 N–H and O–H groups in total. The molecule has 0 unspecified atom stereocenters. The van der Waals surface area contributed by atoms with Gasteiger partial charge in [0.25, 0.3) is 5.91 Å². The summed E-state index contributed by atoms with van der Waals surface area (Å²) >= 11 is 0. The van der Waals surface area contributed by atoms with Crippen molar-refractivity contribution in [1.82, 2.24) is 15.0 Å². The number of hydrogen-bond acceptors (Lipinski definition) is 5. The number of nitrogens with zero attached hydrogens (tertiary/aromatic N) is 3. The van der Waals surface area contributed by atoms with Crippen molar-refractivity contribution in [3.8, 4) is 0 Å². The third-order valence-corrected chi connectivity index (χ3v) is 4.27. The molecular weight excluding hydrogens is 282 g/mol. The zero-order chi connectivity index (χ0) is 15.7. The Morgan fingerprint density at radius 2 is 2.05 bits per heavy atom. The summed E-state index contributed by atoms with van der Waals surface area (Å²) in [5, 5.41) is 14.6. The molecule has 3 heterocycles. The zero-order valence-electron chi connectivity index (χ0n) is 12.7. The fraction of sp³-hybridized carbons (Fsp3) is 0.438. The first-order valence-electron chi connectivity index (χ1n) is 7.37. The second-order valence-electron chi connectivity index (χ2n) is 5.74. The lowest BCUT2D eigenvalue weighted by atomic mass is 9.87. The van der Waals surface area contributed by atoms with Gasteiger partial charge in [-0.3, -0.25) is 9.78 Å². The van der Waals surface area contributed by atoms with Crippen molar-refractivity contribution in [2.45, 2.75) is 32.3 Å². The van der Waals surface area contributed by atoms with Gasteiger partial charge in [-0.25, -0.2) is 0 Å². The largest absolute Gasteiger partial charge is 0.383 e. The molecule has 0 saturated carbocycles. The Bertz CT molecular complexity index is 654. The summed E-state index contributed by atoms with van der Waals surface area (Å²) in [5.41, 5.74) is 0.840. The predicted octanol–water partition coefficient (Wildman–Crippen LogP) is 1.81. The molecule has 0 bridgehead atoms. The minimum absolute atomic E-state index is 0.0840. The third-order valence-electron chi connectivity index (χ3n) is 4.27. The van der Waals surface area contributed by atoms with Crippen LogP contribution in [0.25, 0.3) is 0 Å². The molecule has 1 saturated heterocycles. The molecule has 6 nitrogen and oxygen atoms in total. The maximum atomic E-state index is 12.6. The van der Waals surface area contributed by atoms with E-state index in [1.54, 1.807) is 24.9 Å². The lowest BCUT2D eigenvalue weighted by Gasteiger charge is -2.37. The molecule has 2 aromatic heterocycles. The van der Waals surface area contributed by atoms with Gasteiger partial charge in [-0.1, -0.05) is 11.2 Å². The van der Waals surface area contributed by atoms with Gasteiger partial charge in [0.2, 0.25) is 0 Å². The van der Waals surface area contributed by atoms with E-state index in [0.29, 0.717) is 48.6 Å². The minimum Gasteiger partial charge on any atom is -0.383 e. The highest BCUT2D eigenvalue weighted by Crippen LogP contribution is 2.32. The molecule has 1 aliphatic heterocycles. The van der Waals surface area contributed by atoms with Crippen molar-refractivity contribution in [3.05, 3.63) is 47.1 Å². The second-order valence-corrected chi connectivity index (χ2v) is 5.74. The number of carbonyl (C=O) groups excluding carboxylic acids is 1. The monoisotopic (exact) mass is 301 g/mol. The maximum Gasteiger partial charge on any atom is 0.259 e. The molecule has 3 rings (SSSR count). The van der Waals surface area contributed by atoms with Gasteiger partial charge in [0.1, 0.15) is 16.9 Å². The quantitative estimate of drug-likeness (QED) is 0.915. The van der Waals surface area contributed by atoms with Crippen molar-refractivity contribution in [3.63, 3.8) is 0 Å². The van der Waals surface area contributed by atoms with Gasteiger partial charge in [-0.05, 0) is 38.8 Å². The summed E-state index contributed by atoms with van der Waals surface area (Å²) in [5.74, 6) is 0.451. The van der Waals surface area contributed by atoms with Crippen molar-refractivity contribution in [2.75, 3.05) is 13.1 Å². The summed E-state index contributed by atoms with van der Waals surface area (Å²) in [6.45, 7) is 4.46. The van der Waals surface area contributed by atoms with Gasteiger partial charge in [0.15, 0.2) is 0 Å². The molecule has 22 heavy (non-hydrogen) atoms. The summed E-state index contributed by atoms with van der Waals surface area (Å²) < 4.78 is 5.06. The van der Waals surface area contributed by atoms with Crippen LogP contribution in [0.15, 0.2) is 28.9 Å². The molecule has 1 aliphatic rings. The van der Waals surface area contributed by atoms with Gasteiger partial charge >= 0.3 is 0 Å². The molecule has 0 spiro atoms. The maximum absolute atomic E-state index is 12.6. The number of amides is 1. The molecule has 0 radical (unpaired) electrons. The van der Waals surface area contributed by atoms with Crippen LogP contribution >= 0.6 is 0 Å². The van der Waals surface area contributed by atoms with Crippen LogP contribution in [0.5, 0.6) is 0 Å². The Labute approximate surface area is 128 Å². The molecular formula is C16H19N3O3. The van der Waals surface area contributed by atoms with Crippen molar-refractivity contribution >= 4 is 5.91 Å². The van der Waals surface area contributed by atoms with E-state index in [-0.39, 0.29) is 5.91 Å². The topological polar surface area (TPSA) is 79.5 Å². The molecule has 0 aliphatic carbocycles. The molecule has 1 amide bonds. The van der Waals surface area contributed by atoms with E-state index in [0.717, 1.165) is 0 Å². The SMILES string of the molecule is Cc1noc(C)c1C(=O)N1CCC(O)(c2ccccn2)CC1. The number of aromatic nitrogens is 2. The molecule has 116 valence electrons. The molecule has 2 aromatic rings. The molecule has 0 atom stereocenters. The Morgan fingerprint density at radius 3 is 2.59 bits per heavy atom. The first-order valence-corrected chi connectivity index (χ1v) is 7.37. The van der Waals surface area contributed by atoms with E-state index in [4.69, 9.17) is 4.52 Å². The number of rotatable bonds is 2. The van der Waals surface area contributed by atoms with E-state index in [1.807, 2.05) is 18.2 Å². The van der Waals surface area contributed by atoms with E-state index in [2.05, 4.69) is 10.1 Å². The first kappa shape index (κ1) is 14.7. The number of piperidine rings is 1. The highest BCUT2D eigenvalue weighted by molar-refractivity contribution is 5.96. The van der Waals surface area contributed by atoms with Gasteiger partial charge in [-0.2, -0.15) is 0 Å². The molecule has 0 aromatic carbocycles. The van der Waals surface area contributed by atoms with E-state index >= 15 is 0 Å². The van der Waals surface area contributed by atoms with Gasteiger partial charge in [0.05, 0.1) is 11.4 Å². The van der Waals surface area contributed by atoms with Crippen LogP contribution in [0.2, 0.25) is 0 Å². The summed E-state index contributed by atoms with van der Waals surface area (Å²) in [4.78, 5) is 18.6. The highest BCUT2D eigenvalue weighted by atomic mass is 16.5. The number of carbonyl (C=O) groups is 1. The average Bonchev–Trinajstić information content (AvgIpc) is 2.87. The van der Waals surface area contributed by atoms with Gasteiger partial charge in [0, 0.05) is 19.3 Å². The Balaban J connectivity index is 1.73. The van der Waals surface area contributed by atoms with E-state index in [1.165, 1.54) is 0 Å². The molecule has 6 heteroatoms. The van der Waals surface area contributed by atoms with E-state index in [9.17, 15) is 9.90 Å². The van der Waals surface area contributed by atoms with Crippen LogP contribution in [0.3, 0.4) is 0 Å². The van der Waals surface area contributed by atoms with Crippen molar-refractivity contribution in [1.29, 1.82) is 0 Å². The lowest BCUT2D eigenvalue weighted by Crippen LogP contribution is -2.45. The van der Waals surface area contributed by atoms with Crippen molar-refractivity contribution in [2.24, 2.45) is 0 Å². The first-order chi connectivity index (χ1) is 10.5. The van der Waals surface area contributed by atoms with Crippen LogP contribution in [0.1, 0.15) is 40.3 Å². The number of aryl methyl sites for hydroxylation is 2. The van der Waals surface area contributed by atoms with E-state index < -0.39 is 5.60 Å². The number of likely N-dealkylation sites (tertiary alicyclic amines) is 1. The van der Waals surface area contributed by atoms with Crippen LogP contribution in [-0.4, -0.2) is 39.1 Å². The Morgan fingerprint density at radius 1 is 1.32 bits per heavy atom. The molecule has 1 fully saturated rings. The minimum atomic E-state index is -0.962. The van der Waals surface area contributed by atoms with Crippen LogP contribution in [0.4, 0.5) is 0 Å². The smallest absolute Gasteiger partial charge is 0.259 e. The van der Waals surface area contributed by atoms with Crippen molar-refractivity contribution < 1.29 is 14.4 Å². The summed E-state index contributed by atoms with van der Waals surface area (Å²) in [6.07, 6.45) is 2.62. The number of pyridine rings is 1. The average molecular weight is 301 g/mol. The summed E-state index contributed by atoms with van der Waals surface area (Å²) in [6, 6.07) is 5.51. The van der Waals surface area contributed by atoms with Crippen LogP contribution < -0.4 is 0 Å². The predicted molar refractivity (Wildman–Crippen MR) is 79.2 cm³/mol. The number of hydrogen-bond donors (Lipinski definition) is 1. The van der Waals surface area contributed by atoms with Crippen LogP contribution in [0, 0.1) is 13.8 Å². The fourth-order valence-electron chi connectivity index (χ4n) is 2.92. The normalized spacial score (nSPS) is 17.5.